The largest absolute Gasteiger partial charge is 0.493 e. The summed E-state index contributed by atoms with van der Waals surface area (Å²) < 4.78 is 7.20. The molecule has 4 rings (SSSR count). The summed E-state index contributed by atoms with van der Waals surface area (Å²) in [6.45, 7) is 2.21. The van der Waals surface area contributed by atoms with Gasteiger partial charge in [-0.15, -0.1) is 0 Å². The van der Waals surface area contributed by atoms with Crippen molar-refractivity contribution < 1.29 is 9.53 Å². The van der Waals surface area contributed by atoms with Crippen LogP contribution in [0.4, 0.5) is 0 Å². The predicted molar refractivity (Wildman–Crippen MR) is 106 cm³/mol. The van der Waals surface area contributed by atoms with Crippen LogP contribution in [0.15, 0.2) is 53.3 Å². The van der Waals surface area contributed by atoms with Gasteiger partial charge in [0.2, 0.25) is 5.91 Å². The van der Waals surface area contributed by atoms with E-state index in [-0.39, 0.29) is 22.3 Å². The van der Waals surface area contributed by atoms with E-state index in [1.165, 1.54) is 4.57 Å². The molecule has 2 N–H and O–H groups in total. The van der Waals surface area contributed by atoms with Crippen molar-refractivity contribution in [3.05, 3.63) is 69.2 Å². The summed E-state index contributed by atoms with van der Waals surface area (Å²) in [6, 6.07) is 13.9. The molecule has 2 heterocycles. The molecule has 2 aromatic carbocycles. The summed E-state index contributed by atoms with van der Waals surface area (Å²) >= 11 is 5.34. The number of H-pyrrole nitrogens is 1. The third kappa shape index (κ3) is 3.14. The second-order valence-electron chi connectivity index (χ2n) is 6.56. The number of aromatic amines is 1. The Kier molecular flexibility index (Phi) is 4.53. The monoisotopic (exact) mass is 381 g/mol. The van der Waals surface area contributed by atoms with Gasteiger partial charge in [0.15, 0.2) is 4.77 Å². The number of amides is 1. The highest BCUT2D eigenvalue weighted by molar-refractivity contribution is 7.71. The van der Waals surface area contributed by atoms with E-state index in [0.29, 0.717) is 23.9 Å². The molecule has 0 saturated heterocycles. The van der Waals surface area contributed by atoms with Gasteiger partial charge in [-0.05, 0) is 37.3 Å². The number of carbonyl (C=O) groups is 1. The third-order valence-corrected chi connectivity index (χ3v) is 5.18. The molecular formula is C20H19N3O3S. The maximum absolute atomic E-state index is 12.9. The molecule has 1 amide bonds. The van der Waals surface area contributed by atoms with Crippen LogP contribution in [0.1, 0.15) is 31.0 Å². The molecule has 0 spiro atoms. The zero-order valence-electron chi connectivity index (χ0n) is 14.8. The molecule has 138 valence electrons. The second kappa shape index (κ2) is 7.00. The highest BCUT2D eigenvalue weighted by atomic mass is 32.1. The van der Waals surface area contributed by atoms with Crippen LogP contribution < -0.4 is 15.6 Å². The smallest absolute Gasteiger partial charge is 0.262 e. The Morgan fingerprint density at radius 2 is 2.00 bits per heavy atom. The summed E-state index contributed by atoms with van der Waals surface area (Å²) in [4.78, 5) is 28.8. The van der Waals surface area contributed by atoms with E-state index >= 15 is 0 Å². The molecule has 0 radical (unpaired) electrons. The first kappa shape index (κ1) is 17.5. The standard InChI is InChI=1S/C20H19N3O3S/c1-12(23-19(25)14-7-2-4-8-15(14)22-20(23)27)18(24)21-16-10-11-26-17-9-5-3-6-13(16)17/h2-9,12,16H,10-11H2,1H3,(H,21,24)(H,22,27)/t12-,16+/m1/s1. The number of para-hydroxylation sites is 2. The van der Waals surface area contributed by atoms with E-state index in [0.717, 1.165) is 11.3 Å². The molecule has 1 aliphatic heterocycles. The minimum absolute atomic E-state index is 0.154. The summed E-state index contributed by atoms with van der Waals surface area (Å²) in [5, 5.41) is 3.54. The van der Waals surface area contributed by atoms with E-state index < -0.39 is 6.04 Å². The maximum Gasteiger partial charge on any atom is 0.262 e. The second-order valence-corrected chi connectivity index (χ2v) is 6.95. The number of nitrogens with one attached hydrogen (secondary N) is 2. The average molecular weight is 381 g/mol. The van der Waals surface area contributed by atoms with Gasteiger partial charge in [-0.3, -0.25) is 14.2 Å². The van der Waals surface area contributed by atoms with Crippen molar-refractivity contribution in [3.63, 3.8) is 0 Å². The van der Waals surface area contributed by atoms with Gasteiger partial charge in [-0.1, -0.05) is 30.3 Å². The Morgan fingerprint density at radius 3 is 2.85 bits per heavy atom. The highest BCUT2D eigenvalue weighted by Gasteiger charge is 2.26. The van der Waals surface area contributed by atoms with Crippen LogP contribution in [0, 0.1) is 4.77 Å². The quantitative estimate of drug-likeness (QED) is 0.683. The number of benzene rings is 2. The number of ether oxygens (including phenoxy) is 1. The summed E-state index contributed by atoms with van der Waals surface area (Å²) in [5.74, 6) is 0.524. The van der Waals surface area contributed by atoms with E-state index in [1.54, 1.807) is 25.1 Å². The van der Waals surface area contributed by atoms with Gasteiger partial charge in [0.05, 0.1) is 23.6 Å². The van der Waals surface area contributed by atoms with Crippen molar-refractivity contribution in [2.24, 2.45) is 0 Å². The van der Waals surface area contributed by atoms with Crippen molar-refractivity contribution in [2.45, 2.75) is 25.4 Å². The molecule has 2 atom stereocenters. The summed E-state index contributed by atoms with van der Waals surface area (Å²) in [6.07, 6.45) is 0.676. The van der Waals surface area contributed by atoms with Crippen LogP contribution in [-0.4, -0.2) is 22.1 Å². The van der Waals surface area contributed by atoms with E-state index in [1.807, 2.05) is 30.3 Å². The molecule has 0 unspecified atom stereocenters. The van der Waals surface area contributed by atoms with Crippen LogP contribution in [0.25, 0.3) is 10.9 Å². The topological polar surface area (TPSA) is 76.1 Å². The highest BCUT2D eigenvalue weighted by Crippen LogP contribution is 2.31. The molecule has 7 heteroatoms. The minimum Gasteiger partial charge on any atom is -0.493 e. The van der Waals surface area contributed by atoms with Gasteiger partial charge in [0, 0.05) is 12.0 Å². The molecule has 0 bridgehead atoms. The number of carbonyl (C=O) groups excluding carboxylic acids is 1. The van der Waals surface area contributed by atoms with Crippen LogP contribution in [0.5, 0.6) is 5.75 Å². The molecule has 3 aromatic rings. The van der Waals surface area contributed by atoms with Crippen molar-refractivity contribution in [3.8, 4) is 5.75 Å². The molecule has 0 aliphatic carbocycles. The van der Waals surface area contributed by atoms with Crippen LogP contribution in [0.2, 0.25) is 0 Å². The molecule has 0 fully saturated rings. The SMILES string of the molecule is C[C@H](C(=O)N[C@H]1CCOc2ccccc21)n1c(=S)[nH]c2ccccc2c1=O. The van der Waals surface area contributed by atoms with Crippen LogP contribution in [-0.2, 0) is 4.79 Å². The van der Waals surface area contributed by atoms with Crippen molar-refractivity contribution >= 4 is 29.0 Å². The summed E-state index contributed by atoms with van der Waals surface area (Å²) in [7, 11) is 0. The fourth-order valence-corrected chi connectivity index (χ4v) is 3.78. The first-order valence-electron chi connectivity index (χ1n) is 8.82. The Morgan fingerprint density at radius 1 is 1.26 bits per heavy atom. The maximum atomic E-state index is 12.9. The van der Waals surface area contributed by atoms with Crippen molar-refractivity contribution in [2.75, 3.05) is 6.61 Å². The molecule has 27 heavy (non-hydrogen) atoms. The first-order valence-corrected chi connectivity index (χ1v) is 9.23. The van der Waals surface area contributed by atoms with Crippen molar-refractivity contribution in [1.29, 1.82) is 0 Å². The third-order valence-electron chi connectivity index (χ3n) is 4.88. The summed E-state index contributed by atoms with van der Waals surface area (Å²) in [5.41, 5.74) is 1.33. The average Bonchev–Trinajstić information content (AvgIpc) is 2.68. The molecular weight excluding hydrogens is 362 g/mol. The van der Waals surface area contributed by atoms with Crippen LogP contribution in [0.3, 0.4) is 0 Å². The molecule has 0 saturated carbocycles. The molecule has 1 aliphatic rings. The van der Waals surface area contributed by atoms with Crippen LogP contribution >= 0.6 is 12.2 Å². The lowest BCUT2D eigenvalue weighted by Gasteiger charge is -2.28. The number of hydrogen-bond acceptors (Lipinski definition) is 4. The van der Waals surface area contributed by atoms with E-state index in [9.17, 15) is 9.59 Å². The van der Waals surface area contributed by atoms with E-state index in [2.05, 4.69) is 10.3 Å². The lowest BCUT2D eigenvalue weighted by molar-refractivity contribution is -0.124. The number of hydrogen-bond donors (Lipinski definition) is 2. The minimum atomic E-state index is -0.735. The number of nitrogens with zero attached hydrogens (tertiary/aromatic N) is 1. The molecule has 1 aromatic heterocycles. The Labute approximate surface area is 160 Å². The Balaban J connectivity index is 1.65. The Bertz CT molecular complexity index is 1140. The molecule has 6 nitrogen and oxygen atoms in total. The van der Waals surface area contributed by atoms with Gasteiger partial charge < -0.3 is 15.0 Å². The number of fused-ring (bicyclic) bond motifs is 2. The fourth-order valence-electron chi connectivity index (χ4n) is 3.43. The lowest BCUT2D eigenvalue weighted by atomic mass is 10.0. The predicted octanol–water partition coefficient (Wildman–Crippen LogP) is 3.26. The van der Waals surface area contributed by atoms with Gasteiger partial charge in [-0.25, -0.2) is 0 Å². The zero-order chi connectivity index (χ0) is 19.0. The lowest BCUT2D eigenvalue weighted by Crippen LogP contribution is -2.39. The van der Waals surface area contributed by atoms with Gasteiger partial charge in [-0.2, -0.15) is 0 Å². The number of aromatic nitrogens is 2. The first-order chi connectivity index (χ1) is 13.1. The van der Waals surface area contributed by atoms with Gasteiger partial charge >= 0.3 is 0 Å². The number of rotatable bonds is 3. The van der Waals surface area contributed by atoms with E-state index in [4.69, 9.17) is 17.0 Å². The van der Waals surface area contributed by atoms with Crippen molar-refractivity contribution in [1.82, 2.24) is 14.9 Å². The fraction of sp³-hybridized carbons (Fsp3) is 0.250. The normalized spacial score (nSPS) is 17.0. The Hall–Kier alpha value is -2.93. The zero-order valence-corrected chi connectivity index (χ0v) is 15.6. The van der Waals surface area contributed by atoms with Gasteiger partial charge in [0.25, 0.3) is 5.56 Å². The van der Waals surface area contributed by atoms with Gasteiger partial charge in [0.1, 0.15) is 11.8 Å².